The van der Waals surface area contributed by atoms with Crippen LogP contribution in [0.15, 0.2) is 48.6 Å². The predicted octanol–water partition coefficient (Wildman–Crippen LogP) is 6.33. The molecule has 0 aromatic rings. The molecule has 0 saturated heterocycles. The van der Waals surface area contributed by atoms with Crippen LogP contribution < -0.4 is 0 Å². The summed E-state index contributed by atoms with van der Waals surface area (Å²) in [6, 6.07) is 0. The van der Waals surface area contributed by atoms with Crippen LogP contribution in [0.2, 0.25) is 0 Å². The van der Waals surface area contributed by atoms with Gasteiger partial charge in [-0.3, -0.25) is 18.6 Å². The van der Waals surface area contributed by atoms with Gasteiger partial charge < -0.3 is 55.2 Å². The number of phosphoric ester groups is 1. The number of cyclic esters (lactones) is 1. The fourth-order valence-corrected chi connectivity index (χ4v) is 9.09. The van der Waals surface area contributed by atoms with Crippen molar-refractivity contribution in [1.82, 2.24) is 0 Å². The Hall–Kier alpha value is -2.31. The molecule has 382 valence electrons. The van der Waals surface area contributed by atoms with Crippen molar-refractivity contribution in [3.8, 4) is 0 Å². The van der Waals surface area contributed by atoms with Crippen LogP contribution >= 0.6 is 7.82 Å². The van der Waals surface area contributed by atoms with Crippen LogP contribution in [0.4, 0.5) is 0 Å². The first-order valence-corrected chi connectivity index (χ1v) is 26.2. The smallest absolute Gasteiger partial charge is 0.461 e. The van der Waals surface area contributed by atoms with Gasteiger partial charge in [0, 0.05) is 24.7 Å². The quantitative estimate of drug-likeness (QED) is 0.0209. The number of allylic oxidation sites excluding steroid dienone is 5. The SMILES string of the molecule is CCCCC/C=C\C/C=C\CCCCCCCCCCCC(=O)O[C@@H]1COC(=O)C/C=C\C[C@H]2[C@@H](O)[C@H](O)[C@@H](O)[C@H](OP(=O)(O)OC1)[C@H](O)[C@H](O)[C@@H](/C=C/[C@H](O)CCCCC)[C@H](O)C[C@@H]2O. The number of hydrogen-bond acceptors (Lipinski definition) is 15. The van der Waals surface area contributed by atoms with Gasteiger partial charge >= 0.3 is 19.8 Å². The molecule has 17 heteroatoms. The Kier molecular flexibility index (Phi) is 31.6. The van der Waals surface area contributed by atoms with E-state index in [0.29, 0.717) is 19.3 Å². The van der Waals surface area contributed by atoms with Gasteiger partial charge in [-0.15, -0.1) is 0 Å². The fourth-order valence-electron chi connectivity index (χ4n) is 8.12. The summed E-state index contributed by atoms with van der Waals surface area (Å²) in [6.45, 7) is 2.76. The Balaban J connectivity index is 2.05. The van der Waals surface area contributed by atoms with E-state index in [0.717, 1.165) is 64.2 Å². The van der Waals surface area contributed by atoms with Gasteiger partial charge in [0.25, 0.3) is 0 Å². The van der Waals surface area contributed by atoms with Crippen LogP contribution in [0.5, 0.6) is 0 Å². The summed E-state index contributed by atoms with van der Waals surface area (Å²) in [7, 11) is -5.43. The molecule has 1 fully saturated rings. The minimum Gasteiger partial charge on any atom is -0.461 e. The number of aliphatic hydroxyl groups excluding tert-OH is 8. The van der Waals surface area contributed by atoms with Crippen LogP contribution in [-0.4, -0.2) is 132 Å². The Morgan fingerprint density at radius 2 is 1.33 bits per heavy atom. The topological polar surface area (TPSA) is 270 Å². The van der Waals surface area contributed by atoms with Gasteiger partial charge in [-0.25, -0.2) is 4.57 Å². The zero-order valence-corrected chi connectivity index (χ0v) is 40.4. The second-order valence-electron chi connectivity index (χ2n) is 17.9. The number of ether oxygens (including phenoxy) is 2. The molecule has 2 aliphatic rings. The molecule has 1 aliphatic heterocycles. The lowest BCUT2D eigenvalue weighted by molar-refractivity contribution is -0.167. The van der Waals surface area contributed by atoms with Crippen molar-refractivity contribution in [2.75, 3.05) is 13.2 Å². The highest BCUT2D eigenvalue weighted by atomic mass is 31.2. The van der Waals surface area contributed by atoms with Gasteiger partial charge in [-0.1, -0.05) is 140 Å². The second kappa shape index (κ2) is 34.9. The number of rotatable bonds is 25. The molecule has 0 aromatic heterocycles. The van der Waals surface area contributed by atoms with Crippen molar-refractivity contribution in [1.29, 1.82) is 0 Å². The largest absolute Gasteiger partial charge is 0.472 e. The van der Waals surface area contributed by atoms with E-state index in [4.69, 9.17) is 18.5 Å². The highest BCUT2D eigenvalue weighted by molar-refractivity contribution is 7.47. The highest BCUT2D eigenvalue weighted by Gasteiger charge is 2.49. The molecular weight excluding hydrogens is 875 g/mol. The highest BCUT2D eigenvalue weighted by Crippen LogP contribution is 2.47. The van der Waals surface area contributed by atoms with Crippen LogP contribution in [0.1, 0.15) is 162 Å². The average Bonchev–Trinajstić information content (AvgIpc) is 3.28. The Labute approximate surface area is 393 Å². The van der Waals surface area contributed by atoms with Gasteiger partial charge in [-0.05, 0) is 51.4 Å². The molecule has 1 aliphatic carbocycles. The summed E-state index contributed by atoms with van der Waals surface area (Å²) in [5.74, 6) is -4.27. The molecule has 1 saturated carbocycles. The summed E-state index contributed by atoms with van der Waals surface area (Å²) in [6.07, 6.45) is 12.9. The van der Waals surface area contributed by atoms with Crippen molar-refractivity contribution in [2.45, 2.75) is 223 Å². The minimum atomic E-state index is -5.43. The molecule has 0 aromatic carbocycles. The average molecular weight is 961 g/mol. The van der Waals surface area contributed by atoms with Crippen LogP contribution in [0.25, 0.3) is 0 Å². The molecule has 0 spiro atoms. The summed E-state index contributed by atoms with van der Waals surface area (Å²) >= 11 is 0. The van der Waals surface area contributed by atoms with E-state index >= 15 is 0 Å². The minimum absolute atomic E-state index is 0.0193. The molecule has 1 heterocycles. The summed E-state index contributed by atoms with van der Waals surface area (Å²) in [5, 5.41) is 89.7. The summed E-state index contributed by atoms with van der Waals surface area (Å²) in [4.78, 5) is 36.5. The van der Waals surface area contributed by atoms with Crippen molar-refractivity contribution in [2.24, 2.45) is 11.8 Å². The first kappa shape index (κ1) is 59.8. The van der Waals surface area contributed by atoms with E-state index in [1.54, 1.807) is 0 Å². The lowest BCUT2D eigenvalue weighted by Gasteiger charge is -2.37. The predicted molar refractivity (Wildman–Crippen MR) is 251 cm³/mol. The molecule has 0 amide bonds. The van der Waals surface area contributed by atoms with Crippen molar-refractivity contribution >= 4 is 19.8 Å². The number of esters is 2. The number of carbonyl (C=O) groups excluding carboxylic acids is 2. The maximum Gasteiger partial charge on any atom is 0.472 e. The number of unbranched alkanes of at least 4 members (excludes halogenated alkanes) is 14. The Morgan fingerprint density at radius 3 is 1.98 bits per heavy atom. The van der Waals surface area contributed by atoms with Gasteiger partial charge in [0.05, 0.1) is 43.5 Å². The molecule has 13 atom stereocenters. The molecular formula is C49H85O16P. The molecule has 16 nitrogen and oxygen atoms in total. The van der Waals surface area contributed by atoms with E-state index in [1.807, 2.05) is 6.92 Å². The first-order valence-electron chi connectivity index (χ1n) is 24.7. The van der Waals surface area contributed by atoms with Gasteiger partial charge in [-0.2, -0.15) is 0 Å². The maximum atomic E-state index is 13.5. The molecule has 2 rings (SSSR count). The lowest BCUT2D eigenvalue weighted by Crippen LogP contribution is -2.55. The van der Waals surface area contributed by atoms with Gasteiger partial charge in [0.15, 0.2) is 6.10 Å². The standard InChI is InChI=1S/C49H85O16P/c1-3-5-7-8-9-10-11-12-13-14-15-16-17-18-19-20-21-22-24-30-43(54)64-37-34-62-42(53)29-26-25-28-38-40(51)33-41(52)39(32-31-36(50)27-23-6-4-2)45(56)47(58)49(48(59)46(57)44(38)55)65-66(60,61)63-35-37/h9-10,12-13,25-26,31-32,36-41,44-52,55-59H,3-8,11,14-24,27-30,33-35H2,1-2H3,(H,60,61)/b10-9-,13-12-,26-25-,32-31+/t36-,37-,38-,39+,40+,41-,44-,45-,46+,47-,48-,49-/m1/s1. The Morgan fingerprint density at radius 1 is 0.742 bits per heavy atom. The number of carbonyl (C=O) groups is 2. The van der Waals surface area contributed by atoms with Gasteiger partial charge in [0.1, 0.15) is 31.0 Å². The van der Waals surface area contributed by atoms with E-state index in [2.05, 4.69) is 31.2 Å². The number of fused-ring (bicyclic) bond motifs is 4. The Bertz CT molecular complexity index is 1470. The zero-order valence-electron chi connectivity index (χ0n) is 39.6. The maximum absolute atomic E-state index is 13.5. The van der Waals surface area contributed by atoms with Crippen molar-refractivity contribution < 1.29 is 78.4 Å². The fraction of sp³-hybridized carbons (Fsp3) is 0.796. The third kappa shape index (κ3) is 24.8. The monoisotopic (exact) mass is 961 g/mol. The van der Waals surface area contributed by atoms with Crippen molar-refractivity contribution in [3.63, 3.8) is 0 Å². The van der Waals surface area contributed by atoms with Crippen LogP contribution in [0.3, 0.4) is 0 Å². The third-order valence-corrected chi connectivity index (χ3v) is 13.2. The molecule has 2 bridgehead atoms. The van der Waals surface area contributed by atoms with Crippen LogP contribution in [-0.2, 0) is 32.7 Å². The second-order valence-corrected chi connectivity index (χ2v) is 19.4. The molecule has 9 N–H and O–H groups in total. The van der Waals surface area contributed by atoms with E-state index in [9.17, 15) is 59.9 Å². The summed E-state index contributed by atoms with van der Waals surface area (Å²) < 4.78 is 34.5. The van der Waals surface area contributed by atoms with E-state index < -0.39 is 112 Å². The number of aliphatic hydroxyl groups is 8. The van der Waals surface area contributed by atoms with Gasteiger partial charge in [0.2, 0.25) is 0 Å². The van der Waals surface area contributed by atoms with E-state index in [1.165, 1.54) is 62.8 Å². The number of phosphoric acid groups is 1. The summed E-state index contributed by atoms with van der Waals surface area (Å²) in [5.41, 5.74) is 0. The first-order chi connectivity index (χ1) is 31.6. The van der Waals surface area contributed by atoms with E-state index in [-0.39, 0.29) is 19.3 Å². The third-order valence-electron chi connectivity index (χ3n) is 12.2. The molecule has 0 radical (unpaired) electrons. The number of hydrogen-bond donors (Lipinski definition) is 9. The zero-order chi connectivity index (χ0) is 48.7. The molecule has 66 heavy (non-hydrogen) atoms. The lowest BCUT2D eigenvalue weighted by atomic mass is 9.83. The molecule has 1 unspecified atom stereocenters. The van der Waals surface area contributed by atoms with Crippen LogP contribution in [0, 0.1) is 11.8 Å². The normalized spacial score (nSPS) is 32.1. The van der Waals surface area contributed by atoms with Crippen molar-refractivity contribution in [3.05, 3.63) is 48.6 Å².